The van der Waals surface area contributed by atoms with E-state index in [1.54, 1.807) is 0 Å². The maximum absolute atomic E-state index is 11.1. The minimum Gasteiger partial charge on any atom is -0.393 e. The number of rotatable bonds is 18. The van der Waals surface area contributed by atoms with Gasteiger partial charge in [0.1, 0.15) is 0 Å². The van der Waals surface area contributed by atoms with Gasteiger partial charge in [0.15, 0.2) is 0 Å². The van der Waals surface area contributed by atoms with Gasteiger partial charge < -0.3 is 5.11 Å². The lowest BCUT2D eigenvalue weighted by Crippen LogP contribution is -2.19. The highest BCUT2D eigenvalue weighted by atomic mass is 32.2. The second-order valence-corrected chi connectivity index (χ2v) is 9.12. The Labute approximate surface area is 156 Å². The van der Waals surface area contributed by atoms with E-state index in [0.29, 0.717) is 12.8 Å². The van der Waals surface area contributed by atoms with Gasteiger partial charge in [-0.3, -0.25) is 4.55 Å². The predicted molar refractivity (Wildman–Crippen MR) is 107 cm³/mol. The van der Waals surface area contributed by atoms with Gasteiger partial charge in [-0.05, 0) is 25.7 Å². The second-order valence-electron chi connectivity index (χ2n) is 7.43. The third kappa shape index (κ3) is 15.8. The largest absolute Gasteiger partial charge is 0.393 e. The molecule has 2 atom stereocenters. The van der Waals surface area contributed by atoms with Crippen molar-refractivity contribution in [3.63, 3.8) is 0 Å². The van der Waals surface area contributed by atoms with E-state index in [1.807, 2.05) is 13.8 Å². The van der Waals surface area contributed by atoms with Crippen molar-refractivity contribution in [2.75, 3.05) is 0 Å². The van der Waals surface area contributed by atoms with Gasteiger partial charge in [-0.25, -0.2) is 0 Å². The quantitative estimate of drug-likeness (QED) is 0.230. The fourth-order valence-corrected chi connectivity index (χ4v) is 4.17. The normalized spacial score (nSPS) is 14.6. The summed E-state index contributed by atoms with van der Waals surface area (Å²) in [6.45, 7) is 3.85. The van der Waals surface area contributed by atoms with Gasteiger partial charge in [0.05, 0.1) is 11.4 Å². The summed E-state index contributed by atoms with van der Waals surface area (Å²) in [5.41, 5.74) is 0. The van der Waals surface area contributed by atoms with Crippen LogP contribution in [-0.4, -0.2) is 29.4 Å². The lowest BCUT2D eigenvalue weighted by atomic mass is 10.0. The smallest absolute Gasteiger partial charge is 0.267 e. The van der Waals surface area contributed by atoms with Crippen LogP contribution in [0.3, 0.4) is 0 Å². The zero-order valence-corrected chi connectivity index (χ0v) is 17.4. The van der Waals surface area contributed by atoms with Crippen molar-refractivity contribution in [3.8, 4) is 0 Å². The molecule has 5 heteroatoms. The van der Waals surface area contributed by atoms with Gasteiger partial charge in [0.2, 0.25) is 0 Å². The minimum absolute atomic E-state index is 0.0964. The van der Waals surface area contributed by atoms with Crippen LogP contribution in [0.15, 0.2) is 0 Å². The van der Waals surface area contributed by atoms with Gasteiger partial charge >= 0.3 is 0 Å². The Morgan fingerprint density at radius 3 is 1.32 bits per heavy atom. The Kier molecular flexibility index (Phi) is 16.0. The average molecular weight is 379 g/mol. The molecule has 0 aromatic rings. The molecular formula is C20H42O4S. The van der Waals surface area contributed by atoms with E-state index in [4.69, 9.17) is 4.55 Å². The molecule has 0 aromatic carbocycles. The first-order valence-electron chi connectivity index (χ1n) is 10.6. The van der Waals surface area contributed by atoms with E-state index in [1.165, 1.54) is 57.8 Å². The summed E-state index contributed by atoms with van der Waals surface area (Å²) < 4.78 is 31.3. The maximum Gasteiger partial charge on any atom is 0.267 e. The predicted octanol–water partition coefficient (Wildman–Crippen LogP) is 5.89. The molecule has 25 heavy (non-hydrogen) atoms. The molecule has 0 amide bonds. The fraction of sp³-hybridized carbons (Fsp3) is 1.00. The molecule has 0 rings (SSSR count). The molecule has 0 spiro atoms. The lowest BCUT2D eigenvalue weighted by molar-refractivity contribution is 0.156. The summed E-state index contributed by atoms with van der Waals surface area (Å²) >= 11 is 0. The summed E-state index contributed by atoms with van der Waals surface area (Å²) in [6, 6.07) is 0. The van der Waals surface area contributed by atoms with E-state index >= 15 is 0 Å². The van der Waals surface area contributed by atoms with Gasteiger partial charge in [-0.1, -0.05) is 90.9 Å². The number of hydrogen-bond donors (Lipinski definition) is 2. The molecule has 0 aromatic heterocycles. The lowest BCUT2D eigenvalue weighted by Gasteiger charge is -2.10. The Bertz CT molecular complexity index is 381. The van der Waals surface area contributed by atoms with Crippen molar-refractivity contribution in [2.45, 2.75) is 128 Å². The SMILES string of the molecule is CCC(O)CCCCCCCCCCCCCCC(CC)S(=O)(=O)O. The van der Waals surface area contributed by atoms with Crippen LogP contribution in [0.25, 0.3) is 0 Å². The van der Waals surface area contributed by atoms with Crippen LogP contribution < -0.4 is 0 Å². The molecule has 0 aliphatic rings. The highest BCUT2D eigenvalue weighted by molar-refractivity contribution is 7.86. The monoisotopic (exact) mass is 378 g/mol. The third-order valence-electron chi connectivity index (χ3n) is 5.16. The first-order valence-corrected chi connectivity index (χ1v) is 12.1. The van der Waals surface area contributed by atoms with Crippen LogP contribution in [0.4, 0.5) is 0 Å². The molecule has 0 saturated carbocycles. The highest BCUT2D eigenvalue weighted by Crippen LogP contribution is 2.16. The summed E-state index contributed by atoms with van der Waals surface area (Å²) in [7, 11) is -3.85. The molecule has 0 aliphatic carbocycles. The molecule has 0 heterocycles. The van der Waals surface area contributed by atoms with Crippen molar-refractivity contribution in [2.24, 2.45) is 0 Å². The third-order valence-corrected chi connectivity index (χ3v) is 6.57. The second kappa shape index (κ2) is 16.1. The van der Waals surface area contributed by atoms with Crippen LogP contribution in [0.2, 0.25) is 0 Å². The van der Waals surface area contributed by atoms with E-state index in [0.717, 1.165) is 32.1 Å². The Hall–Kier alpha value is -0.130. The summed E-state index contributed by atoms with van der Waals surface area (Å²) in [6.07, 6.45) is 17.4. The van der Waals surface area contributed by atoms with Crippen LogP contribution in [0.5, 0.6) is 0 Å². The molecule has 0 radical (unpaired) electrons. The van der Waals surface area contributed by atoms with Crippen LogP contribution in [0, 0.1) is 0 Å². The standard InChI is InChI=1S/C20H42O4S/c1-3-19(21)17-15-13-11-9-7-5-6-8-10-12-14-16-18-20(4-2)25(22,23)24/h19-21H,3-18H2,1-2H3,(H,22,23,24). The van der Waals surface area contributed by atoms with Crippen LogP contribution >= 0.6 is 0 Å². The Balaban J connectivity index is 3.27. The number of aliphatic hydroxyl groups excluding tert-OH is 1. The Morgan fingerprint density at radius 2 is 1.00 bits per heavy atom. The summed E-state index contributed by atoms with van der Waals surface area (Å²) in [5, 5.41) is 8.90. The molecule has 2 unspecified atom stereocenters. The molecule has 2 N–H and O–H groups in total. The van der Waals surface area contributed by atoms with Gasteiger partial charge in [-0.2, -0.15) is 8.42 Å². The summed E-state index contributed by atoms with van der Waals surface area (Å²) in [5.74, 6) is 0. The van der Waals surface area contributed by atoms with E-state index < -0.39 is 15.4 Å². The number of aliphatic hydroxyl groups is 1. The van der Waals surface area contributed by atoms with E-state index in [2.05, 4.69) is 0 Å². The summed E-state index contributed by atoms with van der Waals surface area (Å²) in [4.78, 5) is 0. The highest BCUT2D eigenvalue weighted by Gasteiger charge is 2.19. The molecule has 4 nitrogen and oxygen atoms in total. The Morgan fingerprint density at radius 1 is 0.640 bits per heavy atom. The maximum atomic E-state index is 11.1. The van der Waals surface area contributed by atoms with Crippen LogP contribution in [0.1, 0.15) is 117 Å². The van der Waals surface area contributed by atoms with Crippen molar-refractivity contribution in [1.29, 1.82) is 0 Å². The first kappa shape index (κ1) is 24.9. The molecular weight excluding hydrogens is 336 g/mol. The van der Waals surface area contributed by atoms with Gasteiger partial charge in [0.25, 0.3) is 10.1 Å². The number of unbranched alkanes of at least 4 members (excludes halogenated alkanes) is 11. The van der Waals surface area contributed by atoms with Gasteiger partial charge in [-0.15, -0.1) is 0 Å². The number of hydrogen-bond acceptors (Lipinski definition) is 3. The molecule has 0 fully saturated rings. The van der Waals surface area contributed by atoms with E-state index in [9.17, 15) is 13.5 Å². The minimum atomic E-state index is -3.85. The molecule has 0 aliphatic heterocycles. The van der Waals surface area contributed by atoms with E-state index in [-0.39, 0.29) is 6.10 Å². The van der Waals surface area contributed by atoms with Crippen LogP contribution in [-0.2, 0) is 10.1 Å². The van der Waals surface area contributed by atoms with Crippen molar-refractivity contribution >= 4 is 10.1 Å². The zero-order chi connectivity index (χ0) is 19.0. The average Bonchev–Trinajstić information content (AvgIpc) is 2.56. The van der Waals surface area contributed by atoms with Crippen molar-refractivity contribution in [1.82, 2.24) is 0 Å². The van der Waals surface area contributed by atoms with Crippen molar-refractivity contribution < 1.29 is 18.1 Å². The molecule has 0 bridgehead atoms. The zero-order valence-electron chi connectivity index (χ0n) is 16.6. The molecule has 152 valence electrons. The van der Waals surface area contributed by atoms with Gasteiger partial charge in [0, 0.05) is 0 Å². The first-order chi connectivity index (χ1) is 11.9. The fourth-order valence-electron chi connectivity index (χ4n) is 3.29. The molecule has 0 saturated heterocycles. The topological polar surface area (TPSA) is 74.6 Å². The van der Waals surface area contributed by atoms with Crippen molar-refractivity contribution in [3.05, 3.63) is 0 Å².